The molecule has 3 aromatic rings. The molecule has 400 valence electrons. The number of nitrogens with one attached hydrogen (secondary N) is 8. The van der Waals surface area contributed by atoms with E-state index in [0.717, 1.165) is 0 Å². The molecule has 1 aromatic carbocycles. The Balaban J connectivity index is 1.42. The lowest BCUT2D eigenvalue weighted by Gasteiger charge is -2.34. The van der Waals surface area contributed by atoms with Gasteiger partial charge in [0.2, 0.25) is 47.3 Å². The third-order valence-electron chi connectivity index (χ3n) is 14.7. The van der Waals surface area contributed by atoms with Crippen LogP contribution in [0, 0.1) is 17.8 Å². The van der Waals surface area contributed by atoms with Gasteiger partial charge in [0.15, 0.2) is 5.96 Å². The lowest BCUT2D eigenvalue weighted by atomic mass is 9.81. The Labute approximate surface area is 428 Å². The van der Waals surface area contributed by atoms with Crippen molar-refractivity contribution in [3.63, 3.8) is 0 Å². The number of carbonyl (C=O) groups excluding carboxylic acids is 8. The van der Waals surface area contributed by atoms with Gasteiger partial charge in [-0.3, -0.25) is 47.9 Å². The summed E-state index contributed by atoms with van der Waals surface area (Å²) in [5, 5.41) is 30.6. The number of carboxylic acid groups (broad SMARTS) is 1. The Bertz CT molecular complexity index is 2690. The predicted octanol–water partition coefficient (Wildman–Crippen LogP) is -0.776. The highest BCUT2D eigenvalue weighted by Crippen LogP contribution is 2.35. The van der Waals surface area contributed by atoms with Gasteiger partial charge in [-0.05, 0) is 61.5 Å². The first-order valence-electron chi connectivity index (χ1n) is 25.5. The largest absolute Gasteiger partial charge is 0.480 e. The summed E-state index contributed by atoms with van der Waals surface area (Å²) in [5.74, 6) is -8.22. The van der Waals surface area contributed by atoms with Gasteiger partial charge in [0, 0.05) is 60.9 Å². The lowest BCUT2D eigenvalue weighted by molar-refractivity contribution is -0.143. The Morgan fingerprint density at radius 3 is 2.24 bits per heavy atom. The van der Waals surface area contributed by atoms with Crippen LogP contribution in [-0.4, -0.2) is 145 Å². The number of amides is 8. The molecule has 2 saturated heterocycles. The van der Waals surface area contributed by atoms with E-state index in [1.165, 1.54) is 11.2 Å². The van der Waals surface area contributed by atoms with Crippen LogP contribution in [0.4, 0.5) is 0 Å². The van der Waals surface area contributed by atoms with Crippen LogP contribution in [0.25, 0.3) is 16.7 Å². The number of hydrogen-bond acceptors (Lipinski definition) is 11. The molecule has 7 bridgehead atoms. The van der Waals surface area contributed by atoms with Crippen LogP contribution in [0.3, 0.4) is 0 Å². The molecule has 10 atom stereocenters. The second-order valence-corrected chi connectivity index (χ2v) is 20.6. The first-order chi connectivity index (χ1) is 35.1. The van der Waals surface area contributed by atoms with Gasteiger partial charge >= 0.3 is 5.97 Å². The van der Waals surface area contributed by atoms with Crippen molar-refractivity contribution in [1.82, 2.24) is 56.7 Å². The van der Waals surface area contributed by atoms with E-state index in [4.69, 9.17) is 11.5 Å². The number of H-pyrrole nitrogens is 1. The van der Waals surface area contributed by atoms with Gasteiger partial charge in [-0.15, -0.1) is 0 Å². The molecule has 0 saturated carbocycles. The minimum absolute atomic E-state index is 0.00923. The molecule has 0 spiro atoms. The van der Waals surface area contributed by atoms with Gasteiger partial charge in [0.05, 0.1) is 5.69 Å². The van der Waals surface area contributed by atoms with Crippen LogP contribution in [0.15, 0.2) is 35.7 Å². The van der Waals surface area contributed by atoms with Gasteiger partial charge in [-0.1, -0.05) is 60.1 Å². The van der Waals surface area contributed by atoms with Crippen molar-refractivity contribution in [3.05, 3.63) is 47.5 Å². The minimum atomic E-state index is -1.49. The number of rotatable bonds is 11. The molecule has 2 fully saturated rings. The van der Waals surface area contributed by atoms with Gasteiger partial charge in [-0.25, -0.2) is 9.78 Å². The fraction of sp³-hybridized carbons (Fsp3) is 0.580. The first-order valence-corrected chi connectivity index (χ1v) is 25.5. The summed E-state index contributed by atoms with van der Waals surface area (Å²) in [7, 11) is 0. The maximum Gasteiger partial charge on any atom is 0.326 e. The summed E-state index contributed by atoms with van der Waals surface area (Å²) in [6, 6.07) is -4.37. The molecular formula is C50H70N14O10. The highest BCUT2D eigenvalue weighted by atomic mass is 16.4. The molecule has 7 heterocycles. The topological polar surface area (TPSA) is 359 Å². The number of guanidine groups is 1. The molecule has 24 heteroatoms. The second kappa shape index (κ2) is 23.1. The molecule has 24 nitrogen and oxygen atoms in total. The van der Waals surface area contributed by atoms with Crippen LogP contribution in [0.5, 0.6) is 0 Å². The zero-order valence-electron chi connectivity index (χ0n) is 42.7. The molecule has 0 aliphatic carbocycles. The van der Waals surface area contributed by atoms with Crippen molar-refractivity contribution in [2.24, 2.45) is 34.2 Å². The zero-order valence-corrected chi connectivity index (χ0v) is 42.7. The van der Waals surface area contributed by atoms with Gasteiger partial charge in [0.25, 0.3) is 0 Å². The number of hydrogen-bond donors (Lipinski definition) is 11. The van der Waals surface area contributed by atoms with E-state index in [2.05, 4.69) is 52.2 Å². The maximum atomic E-state index is 15.3. The third kappa shape index (κ3) is 12.1. The number of benzene rings is 1. The van der Waals surface area contributed by atoms with Crippen molar-refractivity contribution in [3.8, 4) is 5.82 Å². The monoisotopic (exact) mass is 1030 g/mol. The average Bonchev–Trinajstić information content (AvgIpc) is 4.18. The zero-order chi connectivity index (χ0) is 53.7. The van der Waals surface area contributed by atoms with Crippen LogP contribution >= 0.6 is 0 Å². The third-order valence-corrected chi connectivity index (χ3v) is 14.7. The van der Waals surface area contributed by atoms with Crippen LogP contribution in [-0.2, 0) is 56.0 Å². The Morgan fingerprint density at radius 2 is 1.58 bits per heavy atom. The van der Waals surface area contributed by atoms with E-state index >= 15 is 4.79 Å². The number of aromatic nitrogens is 3. The maximum absolute atomic E-state index is 15.3. The van der Waals surface area contributed by atoms with Crippen molar-refractivity contribution < 1.29 is 48.3 Å². The fourth-order valence-corrected chi connectivity index (χ4v) is 10.4. The average molecular weight is 1030 g/mol. The molecule has 0 unspecified atom stereocenters. The summed E-state index contributed by atoms with van der Waals surface area (Å²) in [4.78, 5) is 140. The van der Waals surface area contributed by atoms with E-state index in [1.807, 2.05) is 39.0 Å². The molecule has 0 radical (unpaired) electrons. The number of aromatic amines is 1. The van der Waals surface area contributed by atoms with Gasteiger partial charge in [0.1, 0.15) is 60.5 Å². The highest BCUT2D eigenvalue weighted by molar-refractivity contribution is 6.00. The summed E-state index contributed by atoms with van der Waals surface area (Å²) >= 11 is 0. The number of nitrogens with two attached hydrogens (primary N) is 2. The van der Waals surface area contributed by atoms with E-state index in [9.17, 15) is 43.5 Å². The summed E-state index contributed by atoms with van der Waals surface area (Å²) in [5.41, 5.74) is 12.9. The van der Waals surface area contributed by atoms with Crippen molar-refractivity contribution in [2.75, 3.05) is 13.1 Å². The van der Waals surface area contributed by atoms with Crippen LogP contribution in [0.2, 0.25) is 0 Å². The number of imidazole rings is 1. The second-order valence-electron chi connectivity index (χ2n) is 20.6. The van der Waals surface area contributed by atoms with Crippen molar-refractivity contribution in [1.29, 1.82) is 0 Å². The minimum Gasteiger partial charge on any atom is -0.480 e. The number of aliphatic carboxylic acids is 1. The van der Waals surface area contributed by atoms with E-state index in [0.29, 0.717) is 40.7 Å². The number of aliphatic imine (C=N–C) groups is 1. The fourth-order valence-electron chi connectivity index (χ4n) is 10.4. The normalized spacial score (nSPS) is 26.7. The van der Waals surface area contributed by atoms with Crippen molar-refractivity contribution >= 4 is 70.1 Å². The van der Waals surface area contributed by atoms with Crippen molar-refractivity contribution in [2.45, 2.75) is 154 Å². The first kappa shape index (κ1) is 54.2. The molecule has 5 aliphatic heterocycles. The summed E-state index contributed by atoms with van der Waals surface area (Å²) in [6.07, 6.45) is 4.22. The van der Waals surface area contributed by atoms with Crippen LogP contribution in [0.1, 0.15) is 109 Å². The SMILES string of the molecule is CC[C@@H](C)[C@@H]1NC(=O)[C@@H](NC(=O)[C@@H]2CCC(=O)N2)[C@H](C(C)C)c2ccc3c4c([nH]c3c2)-n2cnc(c2)C[C@@H](C(=O)O)NC(=O)[C@H](CCCN=C(N)N)NC(=O)[C@@H]2CCCN2C(=O)[C@H](C4)NC(=O)[C@H](C(C)C)NC1=O. The Kier molecular flexibility index (Phi) is 17.0. The molecule has 5 aliphatic rings. The molecule has 2 aromatic heterocycles. The Hall–Kier alpha value is -7.53. The van der Waals surface area contributed by atoms with E-state index in [-0.39, 0.29) is 81.5 Å². The lowest BCUT2D eigenvalue weighted by Crippen LogP contribution is -2.62. The summed E-state index contributed by atoms with van der Waals surface area (Å²) in [6.45, 7) is 11.1. The van der Waals surface area contributed by atoms with Crippen LogP contribution < -0.4 is 48.7 Å². The Morgan fingerprint density at radius 1 is 0.851 bits per heavy atom. The standard InChI is InChI=1S/C50H70N14O10/c1-7-25(6)39-46(70)60-38(24(4)5)45(69)58-33-20-29-28-13-12-26(37(23(2)3)40(47(71)61-39)62-43(67)31-14-15-36(65)55-31)18-32(28)56-41(29)63-21-27(54-22-63)19-34(49(73)74)59-42(66)30(10-8-16-53-50(51)52)57-44(68)35-11-9-17-64(35)48(33)72/h12-13,18,21-25,30-31,33-35,37-40,56H,7-11,14-17,19-20H2,1-6H3,(H,55,65)(H,57,68)(H,58,69)(H,59,66)(H,60,70)(H,61,71)(H,62,67)(H,73,74)(H4,51,52,53)/t25-,30+,31+,33+,34+,35+,37-,38+,39+,40+/m1/s1. The smallest absolute Gasteiger partial charge is 0.326 e. The number of nitrogens with zero attached hydrogens (tertiary/aromatic N) is 4. The summed E-state index contributed by atoms with van der Waals surface area (Å²) < 4.78 is 1.61. The quantitative estimate of drug-likeness (QED) is 0.0487. The molecule has 8 amide bonds. The molecule has 8 rings (SSSR count). The van der Waals surface area contributed by atoms with Gasteiger partial charge < -0.3 is 63.7 Å². The molecule has 74 heavy (non-hydrogen) atoms. The number of carboxylic acids is 1. The van der Waals surface area contributed by atoms with E-state index in [1.54, 1.807) is 31.5 Å². The molecule has 13 N–H and O–H groups in total. The number of fused-ring (bicyclic) bond motifs is 14. The molecular weight excluding hydrogens is 957 g/mol. The predicted molar refractivity (Wildman–Crippen MR) is 270 cm³/mol. The number of carbonyl (C=O) groups is 9. The van der Waals surface area contributed by atoms with Gasteiger partial charge in [-0.2, -0.15) is 0 Å². The highest BCUT2D eigenvalue weighted by Gasteiger charge is 2.43. The van der Waals surface area contributed by atoms with E-state index < -0.39 is 113 Å².